The van der Waals surface area contributed by atoms with Gasteiger partial charge in [-0.3, -0.25) is 29.8 Å². The van der Waals surface area contributed by atoms with Crippen LogP contribution >= 0.6 is 0 Å². The van der Waals surface area contributed by atoms with Crippen molar-refractivity contribution in [3.05, 3.63) is 35.5 Å². The molecule has 4 unspecified atom stereocenters. The maximum Gasteiger partial charge on any atom is 0.236 e. The number of para-hydroxylation sites is 1. The predicted molar refractivity (Wildman–Crippen MR) is 77.1 cm³/mol. The molecule has 3 N–H and O–H groups in total. The quantitative estimate of drug-likeness (QED) is 0.590. The van der Waals surface area contributed by atoms with Crippen LogP contribution in [0.1, 0.15) is 23.1 Å². The standard InChI is InChI=1S/C16H11N3O4/c20-13-8-7-5-3-1-2-4-6(5)17-12(7)11-10(9(8)14(21)18-13)15(22)19-16(11)23/h1-4,8-11,17H,(H,18,20,21)(H,19,22,23). The Kier molecular flexibility index (Phi) is 2.11. The van der Waals surface area contributed by atoms with Crippen molar-refractivity contribution in [2.75, 3.05) is 0 Å². The van der Waals surface area contributed by atoms with E-state index in [0.29, 0.717) is 11.3 Å². The highest BCUT2D eigenvalue weighted by molar-refractivity contribution is 6.17. The summed E-state index contributed by atoms with van der Waals surface area (Å²) in [5, 5.41) is 5.43. The number of aromatic nitrogens is 1. The molecule has 7 nitrogen and oxygen atoms in total. The number of aromatic amines is 1. The SMILES string of the molecule is O=C1NC(=O)C2C1c1[nH]c3ccccc3c1C1C(=O)NC(=O)C12. The largest absolute Gasteiger partial charge is 0.357 e. The Morgan fingerprint density at radius 3 is 2.09 bits per heavy atom. The third kappa shape index (κ3) is 1.35. The maximum absolute atomic E-state index is 12.3. The highest BCUT2D eigenvalue weighted by Crippen LogP contribution is 2.52. The molecule has 114 valence electrons. The van der Waals surface area contributed by atoms with E-state index in [4.69, 9.17) is 0 Å². The van der Waals surface area contributed by atoms with Crippen LogP contribution in [0.25, 0.3) is 10.9 Å². The highest BCUT2D eigenvalue weighted by Gasteiger charge is 2.61. The normalized spacial score (nSPS) is 31.7. The van der Waals surface area contributed by atoms with Crippen molar-refractivity contribution in [3.8, 4) is 0 Å². The summed E-state index contributed by atoms with van der Waals surface area (Å²) in [5.41, 5.74) is 2.03. The van der Waals surface area contributed by atoms with Gasteiger partial charge in [-0.05, 0) is 11.6 Å². The van der Waals surface area contributed by atoms with E-state index in [0.717, 1.165) is 10.9 Å². The fourth-order valence-corrected chi connectivity index (χ4v) is 4.32. The summed E-state index contributed by atoms with van der Waals surface area (Å²) in [5.74, 6) is -4.92. The highest BCUT2D eigenvalue weighted by atomic mass is 16.2. The number of hydrogen-bond donors (Lipinski definition) is 3. The number of rotatable bonds is 0. The zero-order valence-electron chi connectivity index (χ0n) is 11.8. The Balaban J connectivity index is 1.88. The number of benzene rings is 1. The van der Waals surface area contributed by atoms with Gasteiger partial charge in [0.2, 0.25) is 23.6 Å². The minimum atomic E-state index is -0.834. The van der Waals surface area contributed by atoms with Gasteiger partial charge in [-0.1, -0.05) is 18.2 Å². The Bertz CT molecular complexity index is 944. The molecule has 7 heteroatoms. The lowest BCUT2D eigenvalue weighted by molar-refractivity contribution is -0.132. The lowest BCUT2D eigenvalue weighted by Crippen LogP contribution is -2.37. The molecular weight excluding hydrogens is 298 g/mol. The molecule has 1 aromatic heterocycles. The van der Waals surface area contributed by atoms with Gasteiger partial charge in [0.25, 0.3) is 0 Å². The molecule has 0 radical (unpaired) electrons. The second-order valence-electron chi connectivity index (χ2n) is 6.21. The number of carbonyl (C=O) groups is 4. The average molecular weight is 309 g/mol. The Morgan fingerprint density at radius 1 is 0.739 bits per heavy atom. The lowest BCUT2D eigenvalue weighted by atomic mass is 9.67. The van der Waals surface area contributed by atoms with Crippen molar-refractivity contribution in [1.29, 1.82) is 0 Å². The third-order valence-electron chi connectivity index (χ3n) is 5.17. The number of carbonyl (C=O) groups excluding carboxylic acids is 4. The van der Waals surface area contributed by atoms with Crippen LogP contribution in [0.2, 0.25) is 0 Å². The summed E-state index contributed by atoms with van der Waals surface area (Å²) >= 11 is 0. The van der Waals surface area contributed by atoms with Gasteiger partial charge in [0.1, 0.15) is 0 Å². The summed E-state index contributed by atoms with van der Waals surface area (Å²) < 4.78 is 0. The van der Waals surface area contributed by atoms with Gasteiger partial charge in [-0.2, -0.15) is 0 Å². The zero-order valence-corrected chi connectivity index (χ0v) is 11.8. The van der Waals surface area contributed by atoms with Gasteiger partial charge >= 0.3 is 0 Å². The van der Waals surface area contributed by atoms with Crippen LogP contribution in [0.15, 0.2) is 24.3 Å². The average Bonchev–Trinajstić information content (AvgIpc) is 3.12. The number of fused-ring (bicyclic) bond motifs is 8. The molecule has 4 atom stereocenters. The van der Waals surface area contributed by atoms with Crippen LogP contribution in [0.5, 0.6) is 0 Å². The minimum absolute atomic E-state index is 0.406. The van der Waals surface area contributed by atoms with Gasteiger partial charge in [0.05, 0.1) is 23.7 Å². The van der Waals surface area contributed by atoms with Gasteiger partial charge < -0.3 is 4.98 Å². The molecule has 0 spiro atoms. The maximum atomic E-state index is 12.3. The molecule has 23 heavy (non-hydrogen) atoms. The van der Waals surface area contributed by atoms with Gasteiger partial charge in [0, 0.05) is 16.6 Å². The van der Waals surface area contributed by atoms with E-state index in [1.54, 1.807) is 0 Å². The van der Waals surface area contributed by atoms with Crippen LogP contribution < -0.4 is 10.6 Å². The van der Waals surface area contributed by atoms with E-state index >= 15 is 0 Å². The number of amides is 4. The van der Waals surface area contributed by atoms with Gasteiger partial charge in [-0.25, -0.2) is 0 Å². The van der Waals surface area contributed by atoms with Crippen molar-refractivity contribution in [2.24, 2.45) is 11.8 Å². The van der Waals surface area contributed by atoms with Crippen LogP contribution in [0.3, 0.4) is 0 Å². The van der Waals surface area contributed by atoms with E-state index in [1.807, 2.05) is 24.3 Å². The number of imide groups is 2. The lowest BCUT2D eigenvalue weighted by Gasteiger charge is -2.30. The first-order valence-electron chi connectivity index (χ1n) is 7.38. The van der Waals surface area contributed by atoms with Crippen molar-refractivity contribution >= 4 is 34.5 Å². The first-order valence-corrected chi connectivity index (χ1v) is 7.38. The predicted octanol–water partition coefficient (Wildman–Crippen LogP) is -0.106. The summed E-state index contributed by atoms with van der Waals surface area (Å²) in [7, 11) is 0. The zero-order chi connectivity index (χ0) is 15.9. The molecule has 5 rings (SSSR count). The molecule has 3 heterocycles. The molecule has 2 saturated heterocycles. The first kappa shape index (κ1) is 12.6. The molecular formula is C16H11N3O4. The number of hydrogen-bond acceptors (Lipinski definition) is 4. The van der Waals surface area contributed by atoms with E-state index in [-0.39, 0.29) is 0 Å². The molecule has 0 bridgehead atoms. The Labute approximate surface area is 129 Å². The molecule has 0 saturated carbocycles. The van der Waals surface area contributed by atoms with Crippen molar-refractivity contribution < 1.29 is 19.2 Å². The Morgan fingerprint density at radius 2 is 1.35 bits per heavy atom. The van der Waals surface area contributed by atoms with E-state index in [2.05, 4.69) is 15.6 Å². The second kappa shape index (κ2) is 3.87. The van der Waals surface area contributed by atoms with Crippen LogP contribution in [-0.4, -0.2) is 28.6 Å². The fraction of sp³-hybridized carbons (Fsp3) is 0.250. The second-order valence-corrected chi connectivity index (χ2v) is 6.21. The summed E-state index contributed by atoms with van der Waals surface area (Å²) in [6, 6.07) is 7.39. The van der Waals surface area contributed by atoms with Crippen LogP contribution in [-0.2, 0) is 19.2 Å². The monoisotopic (exact) mass is 309 g/mol. The molecule has 2 fully saturated rings. The fourth-order valence-electron chi connectivity index (χ4n) is 4.32. The smallest absolute Gasteiger partial charge is 0.236 e. The molecule has 2 aliphatic heterocycles. The molecule has 4 amide bonds. The van der Waals surface area contributed by atoms with Crippen LogP contribution in [0, 0.1) is 11.8 Å². The molecule has 1 aliphatic carbocycles. The van der Waals surface area contributed by atoms with Crippen LogP contribution in [0.4, 0.5) is 0 Å². The van der Waals surface area contributed by atoms with E-state index in [9.17, 15) is 19.2 Å². The van der Waals surface area contributed by atoms with Gasteiger partial charge in [0.15, 0.2) is 0 Å². The summed E-state index contributed by atoms with van der Waals surface area (Å²) in [6.07, 6.45) is 0. The minimum Gasteiger partial charge on any atom is -0.357 e. The first-order chi connectivity index (χ1) is 11.1. The molecule has 2 aromatic rings. The summed E-state index contributed by atoms with van der Waals surface area (Å²) in [6.45, 7) is 0. The third-order valence-corrected chi connectivity index (χ3v) is 5.17. The topological polar surface area (TPSA) is 108 Å². The van der Waals surface area contributed by atoms with Gasteiger partial charge in [-0.15, -0.1) is 0 Å². The Hall–Kier alpha value is -2.96. The van der Waals surface area contributed by atoms with E-state index < -0.39 is 47.3 Å². The summed E-state index contributed by atoms with van der Waals surface area (Å²) in [4.78, 5) is 52.2. The van der Waals surface area contributed by atoms with Crippen molar-refractivity contribution in [3.63, 3.8) is 0 Å². The molecule has 1 aromatic carbocycles. The van der Waals surface area contributed by atoms with E-state index in [1.165, 1.54) is 0 Å². The van der Waals surface area contributed by atoms with Crippen molar-refractivity contribution in [1.82, 2.24) is 15.6 Å². The number of H-pyrrole nitrogens is 1. The van der Waals surface area contributed by atoms with Crippen molar-refractivity contribution in [2.45, 2.75) is 11.8 Å². The number of nitrogens with one attached hydrogen (secondary N) is 3. The molecule has 3 aliphatic rings.